The first-order valence-electron chi connectivity index (χ1n) is 17.1. The van der Waals surface area contributed by atoms with Crippen LogP contribution in [0.5, 0.6) is 0 Å². The number of carbonyl (C=O) groups is 1. The lowest BCUT2D eigenvalue weighted by atomic mass is 9.86. The second-order valence-corrected chi connectivity index (χ2v) is 15.1. The molecule has 0 aliphatic carbocycles. The van der Waals surface area contributed by atoms with Crippen molar-refractivity contribution in [3.05, 3.63) is 76.2 Å². The summed E-state index contributed by atoms with van der Waals surface area (Å²) in [5.74, 6) is 0. The van der Waals surface area contributed by atoms with Crippen LogP contribution in [0.25, 0.3) is 75.7 Å². The number of carbonyl (C=O) groups excluding carboxylic acids is 1. The molecule has 0 aliphatic rings. The Morgan fingerprint density at radius 2 is 1.04 bits per heavy atom. The van der Waals surface area contributed by atoms with E-state index in [-0.39, 0.29) is 23.2 Å². The van der Waals surface area contributed by atoms with Crippen LogP contribution < -0.4 is 22.2 Å². The van der Waals surface area contributed by atoms with Crippen molar-refractivity contribution in [3.63, 3.8) is 0 Å². The second-order valence-electron chi connectivity index (χ2n) is 14.3. The van der Waals surface area contributed by atoms with Gasteiger partial charge in [-0.3, -0.25) is 28.3 Å². The minimum Gasteiger partial charge on any atom is -0.443 e. The van der Waals surface area contributed by atoms with Crippen molar-refractivity contribution in [1.29, 1.82) is 0 Å². The van der Waals surface area contributed by atoms with E-state index in [1.807, 2.05) is 33.8 Å². The SMILES string of the molecule is CCC(CC)n1c(=O)c2ccc3c4c(Br)cc5c(=O)n(C(CC)CC)c(=O)c6cc7c(c4c56)c4c3c2c(cc4n7C(=O)OC(C)(C)C)c1=O. The Bertz CT molecular complexity index is 2900. The number of nitrogens with zero attached hydrogens (tertiary/aromatic N) is 3. The lowest BCUT2D eigenvalue weighted by Gasteiger charge is -2.21. The standard InChI is InChI=1S/C39H36BrN3O6/c1-8-17(9-2)41-34(44)20-13-12-19-29-24(40)14-21-28-23(37(47)42(35(21)45)18(10-3)11-4)16-26-32(33(28)29)31-25(43(26)38(48)49-39(5,6)7)15-22(36(41)46)27(20)30(19)31/h12-18H,8-11H2,1-7H3. The van der Waals surface area contributed by atoms with Gasteiger partial charge in [-0.2, -0.15) is 0 Å². The molecule has 0 unspecified atom stereocenters. The molecule has 0 radical (unpaired) electrons. The number of halogens is 1. The smallest absolute Gasteiger partial charge is 0.419 e. The van der Waals surface area contributed by atoms with Crippen LogP contribution in [0.2, 0.25) is 0 Å². The molecule has 9 nitrogen and oxygen atoms in total. The van der Waals surface area contributed by atoms with E-state index in [1.54, 1.807) is 45.0 Å². The number of pyridine rings is 2. The molecule has 5 aromatic carbocycles. The summed E-state index contributed by atoms with van der Waals surface area (Å²) in [5.41, 5.74) is -1.47. The zero-order chi connectivity index (χ0) is 35.0. The van der Waals surface area contributed by atoms with E-state index in [9.17, 15) is 24.0 Å². The summed E-state index contributed by atoms with van der Waals surface area (Å²) in [6, 6.07) is 8.26. The maximum atomic E-state index is 14.4. The highest BCUT2D eigenvalue weighted by Gasteiger charge is 2.33. The van der Waals surface area contributed by atoms with E-state index in [0.717, 1.165) is 10.8 Å². The van der Waals surface area contributed by atoms with Gasteiger partial charge < -0.3 is 4.74 Å². The number of aromatic nitrogens is 3. The van der Waals surface area contributed by atoms with Gasteiger partial charge in [0.1, 0.15) is 5.60 Å². The van der Waals surface area contributed by atoms with Crippen LogP contribution in [0.3, 0.4) is 0 Å². The van der Waals surface area contributed by atoms with Gasteiger partial charge in [0.25, 0.3) is 22.2 Å². The first-order chi connectivity index (χ1) is 23.3. The summed E-state index contributed by atoms with van der Waals surface area (Å²) in [7, 11) is 0. The fourth-order valence-electron chi connectivity index (χ4n) is 8.46. The van der Waals surface area contributed by atoms with E-state index in [4.69, 9.17) is 4.74 Å². The average molecular weight is 723 g/mol. The molecule has 8 rings (SSSR count). The van der Waals surface area contributed by atoms with E-state index in [1.165, 1.54) is 13.7 Å². The molecule has 0 N–H and O–H groups in total. The highest BCUT2D eigenvalue weighted by molar-refractivity contribution is 9.10. The molecule has 0 bridgehead atoms. The van der Waals surface area contributed by atoms with Gasteiger partial charge in [-0.15, -0.1) is 0 Å². The fraction of sp³-hybridized carbons (Fsp3) is 0.359. The van der Waals surface area contributed by atoms with Crippen LogP contribution in [0.15, 0.2) is 54.0 Å². The van der Waals surface area contributed by atoms with Gasteiger partial charge in [0.2, 0.25) is 0 Å². The Morgan fingerprint density at radius 1 is 0.612 bits per heavy atom. The van der Waals surface area contributed by atoms with Crippen molar-refractivity contribution in [2.45, 2.75) is 91.8 Å². The second kappa shape index (κ2) is 10.5. The Kier molecular flexibility index (Phi) is 6.77. The number of fused-ring (bicyclic) bond motifs is 1. The molecule has 8 aromatic rings. The van der Waals surface area contributed by atoms with Crippen LogP contribution in [0.1, 0.15) is 86.2 Å². The molecule has 3 aromatic heterocycles. The van der Waals surface area contributed by atoms with Gasteiger partial charge in [0.05, 0.1) is 21.8 Å². The Labute approximate surface area is 288 Å². The van der Waals surface area contributed by atoms with Crippen LogP contribution in [0.4, 0.5) is 4.79 Å². The third-order valence-electron chi connectivity index (χ3n) is 10.6. The van der Waals surface area contributed by atoms with E-state index >= 15 is 0 Å². The molecule has 0 spiro atoms. The van der Waals surface area contributed by atoms with Crippen molar-refractivity contribution in [2.24, 2.45) is 0 Å². The van der Waals surface area contributed by atoms with Gasteiger partial charge in [-0.05, 0) is 76.1 Å². The highest BCUT2D eigenvalue weighted by atomic mass is 79.9. The summed E-state index contributed by atoms with van der Waals surface area (Å²) < 4.78 is 10.8. The van der Waals surface area contributed by atoms with Gasteiger partial charge in [0, 0.05) is 65.0 Å². The molecule has 0 aliphatic heterocycles. The largest absolute Gasteiger partial charge is 0.443 e. The maximum absolute atomic E-state index is 14.4. The molecule has 250 valence electrons. The van der Waals surface area contributed by atoms with Gasteiger partial charge in [0.15, 0.2) is 0 Å². The molecule has 0 atom stereocenters. The number of hydrogen-bond donors (Lipinski definition) is 0. The lowest BCUT2D eigenvalue weighted by molar-refractivity contribution is 0.0551. The van der Waals surface area contributed by atoms with Crippen molar-refractivity contribution in [2.75, 3.05) is 0 Å². The van der Waals surface area contributed by atoms with E-state index in [0.29, 0.717) is 95.1 Å². The minimum absolute atomic E-state index is 0.290. The average Bonchev–Trinajstić information content (AvgIpc) is 3.39. The molecule has 0 fully saturated rings. The summed E-state index contributed by atoms with van der Waals surface area (Å²) in [5, 5.41) is 6.79. The fourth-order valence-corrected chi connectivity index (χ4v) is 9.10. The highest BCUT2D eigenvalue weighted by Crippen LogP contribution is 2.51. The number of benzene rings is 5. The Hall–Kier alpha value is -4.57. The zero-order valence-corrected chi connectivity index (χ0v) is 30.1. The van der Waals surface area contributed by atoms with Gasteiger partial charge >= 0.3 is 6.09 Å². The van der Waals surface area contributed by atoms with E-state index < -0.39 is 22.8 Å². The number of ether oxygens (including phenoxy) is 1. The normalized spacial score (nSPS) is 13.2. The first-order valence-corrected chi connectivity index (χ1v) is 17.8. The van der Waals surface area contributed by atoms with Crippen molar-refractivity contribution < 1.29 is 9.53 Å². The monoisotopic (exact) mass is 721 g/mol. The summed E-state index contributed by atoms with van der Waals surface area (Å²) in [6.07, 6.45) is 1.76. The third kappa shape index (κ3) is 3.95. The lowest BCUT2D eigenvalue weighted by Crippen LogP contribution is -2.36. The van der Waals surface area contributed by atoms with Crippen LogP contribution in [-0.2, 0) is 4.74 Å². The topological polar surface area (TPSA) is 109 Å². The molecule has 49 heavy (non-hydrogen) atoms. The number of hydrogen-bond acceptors (Lipinski definition) is 6. The van der Waals surface area contributed by atoms with Crippen LogP contribution in [0, 0.1) is 0 Å². The van der Waals surface area contributed by atoms with Crippen LogP contribution >= 0.6 is 15.9 Å². The summed E-state index contributed by atoms with van der Waals surface area (Å²) >= 11 is 3.80. The van der Waals surface area contributed by atoms with Gasteiger partial charge in [-0.1, -0.05) is 49.7 Å². The predicted octanol–water partition coefficient (Wildman–Crippen LogP) is 8.62. The van der Waals surface area contributed by atoms with E-state index in [2.05, 4.69) is 15.9 Å². The van der Waals surface area contributed by atoms with Crippen LogP contribution in [-0.4, -0.2) is 25.4 Å². The number of rotatable bonds is 6. The maximum Gasteiger partial charge on any atom is 0.419 e. The zero-order valence-electron chi connectivity index (χ0n) is 28.5. The molecule has 0 amide bonds. The minimum atomic E-state index is -0.848. The first kappa shape index (κ1) is 31.7. The van der Waals surface area contributed by atoms with Crippen molar-refractivity contribution in [1.82, 2.24) is 13.7 Å². The molecule has 3 heterocycles. The molecular weight excluding hydrogens is 686 g/mol. The predicted molar refractivity (Wildman–Crippen MR) is 201 cm³/mol. The Morgan fingerprint density at radius 3 is 1.53 bits per heavy atom. The third-order valence-corrected chi connectivity index (χ3v) is 11.2. The Balaban J connectivity index is 1.73. The quantitative estimate of drug-likeness (QED) is 0.126. The summed E-state index contributed by atoms with van der Waals surface area (Å²) in [4.78, 5) is 71.4. The summed E-state index contributed by atoms with van der Waals surface area (Å²) in [6.45, 7) is 13.2. The van der Waals surface area contributed by atoms with Gasteiger partial charge in [-0.25, -0.2) is 9.36 Å². The van der Waals surface area contributed by atoms with Crippen molar-refractivity contribution in [3.8, 4) is 0 Å². The molecular formula is C39H36BrN3O6. The van der Waals surface area contributed by atoms with Crippen molar-refractivity contribution >= 4 is 97.7 Å². The molecule has 0 saturated heterocycles. The molecule has 0 saturated carbocycles. The molecule has 10 heteroatoms.